The van der Waals surface area contributed by atoms with E-state index >= 15 is 0 Å². The van der Waals surface area contributed by atoms with Crippen LogP contribution in [0.2, 0.25) is 0 Å². The highest BCUT2D eigenvalue weighted by Gasteiger charge is 2.17. The molecule has 0 fully saturated rings. The minimum Gasteiger partial charge on any atom is -0.461 e. The first-order valence-electron chi connectivity index (χ1n) is 6.58. The number of fused-ring (bicyclic) bond motifs is 2. The van der Waals surface area contributed by atoms with Crippen molar-refractivity contribution in [2.24, 2.45) is 0 Å². The average Bonchev–Trinajstić information content (AvgIpc) is 2.82. The first kappa shape index (κ1) is 12.0. The number of carbonyl (C=O) groups is 1. The third-order valence-corrected chi connectivity index (χ3v) is 3.53. The largest absolute Gasteiger partial charge is 0.461 e. The molecule has 0 bridgehead atoms. The van der Waals surface area contributed by atoms with Crippen LogP contribution in [0.5, 0.6) is 0 Å². The lowest BCUT2D eigenvalue weighted by Crippen LogP contribution is -2.10. The van der Waals surface area contributed by atoms with Gasteiger partial charge in [0.1, 0.15) is 0 Å². The van der Waals surface area contributed by atoms with Crippen LogP contribution < -0.4 is 5.73 Å². The molecule has 0 unspecified atom stereocenters. The Labute approximate surface area is 111 Å². The third kappa shape index (κ3) is 2.03. The minimum absolute atomic E-state index is 0.215. The lowest BCUT2D eigenvalue weighted by Gasteiger charge is -2.08. The number of benzene rings is 1. The fraction of sp³-hybridized carbons (Fsp3) is 0.333. The summed E-state index contributed by atoms with van der Waals surface area (Å²) in [6, 6.07) is 6.02. The lowest BCUT2D eigenvalue weighted by molar-refractivity contribution is 0.0521. The Morgan fingerprint density at radius 3 is 2.79 bits per heavy atom. The number of nitrogen functional groups attached to an aromatic ring is 1. The van der Waals surface area contributed by atoms with E-state index < -0.39 is 5.97 Å². The van der Waals surface area contributed by atoms with Crippen LogP contribution in [0.15, 0.2) is 18.2 Å². The van der Waals surface area contributed by atoms with E-state index in [1.54, 1.807) is 6.92 Å². The molecular formula is C15H16N2O2. The van der Waals surface area contributed by atoms with Crippen LogP contribution in [0.3, 0.4) is 0 Å². The van der Waals surface area contributed by atoms with Gasteiger partial charge in [-0.2, -0.15) is 0 Å². The van der Waals surface area contributed by atoms with Gasteiger partial charge in [0, 0.05) is 5.39 Å². The molecule has 0 spiro atoms. The summed E-state index contributed by atoms with van der Waals surface area (Å²) in [5.74, 6) is -0.456. The number of anilines is 1. The van der Waals surface area contributed by atoms with E-state index in [1.165, 1.54) is 17.5 Å². The Balaban J connectivity index is 2.14. The maximum Gasteiger partial charge on any atom is 0.359 e. The van der Waals surface area contributed by atoms with Crippen LogP contribution in [0.4, 0.5) is 5.69 Å². The standard InChI is InChI=1S/C15H16N2O2/c1-2-19-15(18)14-12(16)7-11-6-9-4-3-5-10(9)8-13(11)17-14/h6-8H,2-5,16H2,1H3. The van der Waals surface area contributed by atoms with Crippen LogP contribution >= 0.6 is 0 Å². The highest BCUT2D eigenvalue weighted by Crippen LogP contribution is 2.28. The predicted octanol–water partition coefficient (Wildman–Crippen LogP) is 2.48. The fourth-order valence-electron chi connectivity index (χ4n) is 2.63. The van der Waals surface area contributed by atoms with Crippen molar-refractivity contribution in [1.82, 2.24) is 4.98 Å². The van der Waals surface area contributed by atoms with Gasteiger partial charge in [0.05, 0.1) is 17.8 Å². The molecular weight excluding hydrogens is 240 g/mol. The van der Waals surface area contributed by atoms with E-state index in [2.05, 4.69) is 17.1 Å². The molecule has 4 nitrogen and oxygen atoms in total. The molecule has 19 heavy (non-hydrogen) atoms. The Hall–Kier alpha value is -2.10. The normalized spacial score (nSPS) is 13.5. The van der Waals surface area contributed by atoms with Crippen molar-refractivity contribution >= 4 is 22.6 Å². The molecule has 4 heteroatoms. The number of ether oxygens (including phenoxy) is 1. The first-order chi connectivity index (χ1) is 9.19. The molecule has 0 saturated carbocycles. The Morgan fingerprint density at radius 1 is 1.32 bits per heavy atom. The maximum atomic E-state index is 11.8. The molecule has 0 amide bonds. The van der Waals surface area contributed by atoms with Crippen LogP contribution in [-0.4, -0.2) is 17.6 Å². The van der Waals surface area contributed by atoms with E-state index in [0.717, 1.165) is 23.7 Å². The molecule has 0 atom stereocenters. The number of rotatable bonds is 2. The topological polar surface area (TPSA) is 65.2 Å². The molecule has 0 aliphatic heterocycles. The molecule has 1 aliphatic carbocycles. The van der Waals surface area contributed by atoms with Gasteiger partial charge in [0.25, 0.3) is 0 Å². The van der Waals surface area contributed by atoms with Crippen molar-refractivity contribution in [3.8, 4) is 0 Å². The van der Waals surface area contributed by atoms with E-state index in [4.69, 9.17) is 10.5 Å². The summed E-state index contributed by atoms with van der Waals surface area (Å²) in [4.78, 5) is 16.1. The maximum absolute atomic E-state index is 11.8. The number of hydrogen-bond acceptors (Lipinski definition) is 4. The van der Waals surface area contributed by atoms with Gasteiger partial charge in [-0.3, -0.25) is 0 Å². The van der Waals surface area contributed by atoms with E-state index in [9.17, 15) is 4.79 Å². The van der Waals surface area contributed by atoms with E-state index in [1.807, 2.05) is 6.07 Å². The van der Waals surface area contributed by atoms with Gasteiger partial charge in [0.2, 0.25) is 0 Å². The van der Waals surface area contributed by atoms with Crippen molar-refractivity contribution < 1.29 is 9.53 Å². The number of hydrogen-bond donors (Lipinski definition) is 1. The number of aryl methyl sites for hydroxylation is 2. The Morgan fingerprint density at radius 2 is 2.05 bits per heavy atom. The van der Waals surface area contributed by atoms with Crippen LogP contribution in [-0.2, 0) is 17.6 Å². The van der Waals surface area contributed by atoms with E-state index in [-0.39, 0.29) is 5.69 Å². The summed E-state index contributed by atoms with van der Waals surface area (Å²) in [6.45, 7) is 2.09. The fourth-order valence-corrected chi connectivity index (χ4v) is 2.63. The smallest absolute Gasteiger partial charge is 0.359 e. The monoisotopic (exact) mass is 256 g/mol. The van der Waals surface area contributed by atoms with E-state index in [0.29, 0.717) is 12.3 Å². The molecule has 2 N–H and O–H groups in total. The Kier molecular flexibility index (Phi) is 2.85. The molecule has 0 radical (unpaired) electrons. The highest BCUT2D eigenvalue weighted by atomic mass is 16.5. The zero-order valence-corrected chi connectivity index (χ0v) is 10.9. The molecule has 1 aromatic heterocycles. The molecule has 3 rings (SSSR count). The summed E-state index contributed by atoms with van der Waals surface area (Å²) in [5.41, 5.74) is 10.0. The second-order valence-electron chi connectivity index (χ2n) is 4.81. The zero-order valence-electron chi connectivity index (χ0n) is 10.9. The van der Waals surface area contributed by atoms with Crippen LogP contribution in [0, 0.1) is 0 Å². The first-order valence-corrected chi connectivity index (χ1v) is 6.58. The van der Waals surface area contributed by atoms with Gasteiger partial charge in [-0.25, -0.2) is 9.78 Å². The number of nitrogens with zero attached hydrogens (tertiary/aromatic N) is 1. The van der Waals surface area contributed by atoms with Crippen molar-refractivity contribution in [2.45, 2.75) is 26.2 Å². The molecule has 98 valence electrons. The van der Waals surface area contributed by atoms with Crippen molar-refractivity contribution in [3.63, 3.8) is 0 Å². The van der Waals surface area contributed by atoms with Crippen molar-refractivity contribution in [3.05, 3.63) is 35.0 Å². The SMILES string of the molecule is CCOC(=O)c1nc2cc3c(cc2cc1N)CCC3. The number of carbonyl (C=O) groups excluding carboxylic acids is 1. The number of aromatic nitrogens is 1. The van der Waals surface area contributed by atoms with Crippen LogP contribution in [0.1, 0.15) is 35.0 Å². The van der Waals surface area contributed by atoms with Crippen molar-refractivity contribution in [1.29, 1.82) is 0 Å². The summed E-state index contributed by atoms with van der Waals surface area (Å²) in [5, 5.41) is 0.992. The van der Waals surface area contributed by atoms with Crippen molar-refractivity contribution in [2.75, 3.05) is 12.3 Å². The summed E-state index contributed by atoms with van der Waals surface area (Å²) >= 11 is 0. The lowest BCUT2D eigenvalue weighted by atomic mass is 10.1. The summed E-state index contributed by atoms with van der Waals surface area (Å²) < 4.78 is 4.97. The number of pyridine rings is 1. The van der Waals surface area contributed by atoms with Crippen LogP contribution in [0.25, 0.3) is 10.9 Å². The average molecular weight is 256 g/mol. The molecule has 1 aromatic carbocycles. The predicted molar refractivity (Wildman–Crippen MR) is 74.1 cm³/mol. The Bertz CT molecular complexity index is 665. The zero-order chi connectivity index (χ0) is 13.4. The summed E-state index contributed by atoms with van der Waals surface area (Å²) in [7, 11) is 0. The number of esters is 1. The van der Waals surface area contributed by atoms with Gasteiger partial charge in [0.15, 0.2) is 5.69 Å². The molecule has 2 aromatic rings. The highest BCUT2D eigenvalue weighted by molar-refractivity contribution is 5.97. The second kappa shape index (κ2) is 4.53. The number of nitrogens with two attached hydrogens (primary N) is 1. The molecule has 0 saturated heterocycles. The quantitative estimate of drug-likeness (QED) is 0.838. The van der Waals surface area contributed by atoms with Gasteiger partial charge in [-0.1, -0.05) is 0 Å². The summed E-state index contributed by atoms with van der Waals surface area (Å²) in [6.07, 6.45) is 3.39. The third-order valence-electron chi connectivity index (χ3n) is 3.53. The molecule has 1 aliphatic rings. The molecule has 1 heterocycles. The van der Waals surface area contributed by atoms with Gasteiger partial charge >= 0.3 is 5.97 Å². The van der Waals surface area contributed by atoms with Gasteiger partial charge in [-0.15, -0.1) is 0 Å². The van der Waals surface area contributed by atoms with Gasteiger partial charge < -0.3 is 10.5 Å². The minimum atomic E-state index is -0.456. The second-order valence-corrected chi connectivity index (χ2v) is 4.81. The van der Waals surface area contributed by atoms with Gasteiger partial charge in [-0.05, 0) is 55.5 Å².